The summed E-state index contributed by atoms with van der Waals surface area (Å²) in [6.07, 6.45) is -6.67. The van der Waals surface area contributed by atoms with Gasteiger partial charge in [-0.3, -0.25) is 14.6 Å². The van der Waals surface area contributed by atoms with E-state index < -0.39 is 53.6 Å². The highest BCUT2D eigenvalue weighted by Gasteiger charge is 2.55. The number of amides is 2. The van der Waals surface area contributed by atoms with Crippen molar-refractivity contribution < 1.29 is 41.0 Å². The smallest absolute Gasteiger partial charge is 0.415 e. The molecular formula is C20H21F5N4O4. The Morgan fingerprint density at radius 3 is 2.45 bits per heavy atom. The molecule has 2 amide bonds. The number of nitrogens with two attached hydrogens (primary N) is 2. The SMILES string of the molecule is COc1c(C2C(Nc3ccnc(C(N)=O)c3)OC(C(F)(F)F)C2C)ccc(F)c1F.NC=O. The molecule has 1 aliphatic rings. The van der Waals surface area contributed by atoms with Crippen molar-refractivity contribution in [2.45, 2.75) is 31.3 Å². The standard InChI is InChI=1S/C19H18F5N3O3.CH3NO/c1-8-13(10-3-4-11(20)14(21)15(10)29-2)18(30-16(8)19(22,23)24)27-9-5-6-26-12(7-9)17(25)28;2-1-3/h3-8,13,16,18H,1-2H3,(H2,25,28)(H,26,27);1H,(H2,2,3). The van der Waals surface area contributed by atoms with Crippen LogP contribution < -0.4 is 21.5 Å². The van der Waals surface area contributed by atoms with Crippen molar-refractivity contribution in [1.29, 1.82) is 0 Å². The summed E-state index contributed by atoms with van der Waals surface area (Å²) in [6.45, 7) is 1.30. The van der Waals surface area contributed by atoms with Gasteiger partial charge in [-0.2, -0.15) is 17.6 Å². The number of ether oxygens (including phenoxy) is 2. The predicted octanol–water partition coefficient (Wildman–Crippen LogP) is 2.69. The summed E-state index contributed by atoms with van der Waals surface area (Å²) < 4.78 is 78.6. The summed E-state index contributed by atoms with van der Waals surface area (Å²) in [7, 11) is 1.09. The molecule has 0 saturated carbocycles. The maximum Gasteiger partial charge on any atom is 0.415 e. The lowest BCUT2D eigenvalue weighted by Gasteiger charge is -2.25. The molecule has 2 heterocycles. The summed E-state index contributed by atoms with van der Waals surface area (Å²) >= 11 is 0. The van der Waals surface area contributed by atoms with Gasteiger partial charge in [-0.1, -0.05) is 13.0 Å². The second-order valence-electron chi connectivity index (χ2n) is 6.96. The van der Waals surface area contributed by atoms with Crippen molar-refractivity contribution >= 4 is 18.0 Å². The Morgan fingerprint density at radius 2 is 1.91 bits per heavy atom. The number of nitrogens with one attached hydrogen (secondary N) is 1. The zero-order valence-electron chi connectivity index (χ0n) is 17.4. The number of nitrogens with zero attached hydrogens (tertiary/aromatic N) is 1. The number of alkyl halides is 3. The lowest BCUT2D eigenvalue weighted by Crippen LogP contribution is -2.33. The average molecular weight is 476 g/mol. The lowest BCUT2D eigenvalue weighted by atomic mass is 9.84. The van der Waals surface area contributed by atoms with Gasteiger partial charge in [0.1, 0.15) is 11.9 Å². The Balaban J connectivity index is 0.00000122. The van der Waals surface area contributed by atoms with Crippen LogP contribution in [0.25, 0.3) is 0 Å². The fourth-order valence-corrected chi connectivity index (χ4v) is 3.61. The van der Waals surface area contributed by atoms with Gasteiger partial charge in [-0.15, -0.1) is 0 Å². The Bertz CT molecular complexity index is 1000. The number of benzene rings is 1. The number of hydrogen-bond acceptors (Lipinski definition) is 6. The molecule has 2 aromatic rings. The minimum Gasteiger partial charge on any atom is -0.493 e. The van der Waals surface area contributed by atoms with Gasteiger partial charge in [-0.25, -0.2) is 4.39 Å². The largest absolute Gasteiger partial charge is 0.493 e. The normalized spacial score (nSPS) is 22.2. The molecule has 33 heavy (non-hydrogen) atoms. The molecule has 1 aromatic heterocycles. The van der Waals surface area contributed by atoms with Gasteiger partial charge < -0.3 is 26.3 Å². The number of methoxy groups -OCH3 is 1. The minimum atomic E-state index is -4.70. The molecule has 3 rings (SSSR count). The van der Waals surface area contributed by atoms with Gasteiger partial charge >= 0.3 is 6.18 Å². The second-order valence-corrected chi connectivity index (χ2v) is 6.96. The molecule has 13 heteroatoms. The van der Waals surface area contributed by atoms with Crippen LogP contribution >= 0.6 is 0 Å². The molecule has 4 atom stereocenters. The van der Waals surface area contributed by atoms with E-state index in [0.717, 1.165) is 19.2 Å². The highest BCUT2D eigenvalue weighted by Crippen LogP contribution is 2.48. The first-order valence-corrected chi connectivity index (χ1v) is 9.38. The van der Waals surface area contributed by atoms with Crippen LogP contribution in [0.3, 0.4) is 0 Å². The molecule has 1 aromatic carbocycles. The van der Waals surface area contributed by atoms with Crippen molar-refractivity contribution in [2.75, 3.05) is 12.4 Å². The quantitative estimate of drug-likeness (QED) is 0.450. The van der Waals surface area contributed by atoms with Crippen molar-refractivity contribution in [2.24, 2.45) is 17.4 Å². The second kappa shape index (κ2) is 10.4. The van der Waals surface area contributed by atoms with Gasteiger partial charge in [0.05, 0.1) is 7.11 Å². The molecule has 180 valence electrons. The molecule has 1 saturated heterocycles. The van der Waals surface area contributed by atoms with Gasteiger partial charge in [0.25, 0.3) is 5.91 Å². The van der Waals surface area contributed by atoms with E-state index in [2.05, 4.69) is 16.0 Å². The third-order valence-corrected chi connectivity index (χ3v) is 4.95. The van der Waals surface area contributed by atoms with Crippen molar-refractivity contribution in [3.63, 3.8) is 0 Å². The summed E-state index contributed by atoms with van der Waals surface area (Å²) in [5, 5.41) is 2.76. The number of rotatable bonds is 5. The topological polar surface area (TPSA) is 130 Å². The van der Waals surface area contributed by atoms with Gasteiger partial charge in [0, 0.05) is 29.3 Å². The van der Waals surface area contributed by atoms with Gasteiger partial charge in [-0.05, 0) is 18.2 Å². The third kappa shape index (κ3) is 5.66. The number of carbonyl (C=O) groups is 2. The maximum atomic E-state index is 14.2. The highest BCUT2D eigenvalue weighted by molar-refractivity contribution is 5.91. The van der Waals surface area contributed by atoms with E-state index in [4.69, 9.17) is 20.0 Å². The molecule has 0 aliphatic carbocycles. The Hall–Kier alpha value is -3.48. The molecule has 0 spiro atoms. The Morgan fingerprint density at radius 1 is 1.27 bits per heavy atom. The number of hydrogen-bond donors (Lipinski definition) is 3. The van der Waals surface area contributed by atoms with E-state index in [1.54, 1.807) is 0 Å². The first kappa shape index (κ1) is 25.8. The predicted molar refractivity (Wildman–Crippen MR) is 106 cm³/mol. The molecule has 5 N–H and O–H groups in total. The molecule has 8 nitrogen and oxygen atoms in total. The Kier molecular flexibility index (Phi) is 8.14. The summed E-state index contributed by atoms with van der Waals surface area (Å²) in [4.78, 5) is 23.7. The molecule has 1 fully saturated rings. The van der Waals surface area contributed by atoms with E-state index in [1.165, 1.54) is 25.3 Å². The summed E-state index contributed by atoms with van der Waals surface area (Å²) in [5.41, 5.74) is 9.46. The van der Waals surface area contributed by atoms with Gasteiger partial charge in [0.15, 0.2) is 17.7 Å². The number of primary amides is 2. The molecule has 1 aliphatic heterocycles. The Labute approximate surface area is 185 Å². The molecule has 0 bridgehead atoms. The van der Waals surface area contributed by atoms with Crippen molar-refractivity contribution in [3.05, 3.63) is 53.4 Å². The van der Waals surface area contributed by atoms with Crippen LogP contribution in [0.1, 0.15) is 28.9 Å². The lowest BCUT2D eigenvalue weighted by molar-refractivity contribution is -0.221. The van der Waals surface area contributed by atoms with Crippen LogP contribution in [-0.4, -0.2) is 42.9 Å². The van der Waals surface area contributed by atoms with Crippen LogP contribution in [0.5, 0.6) is 5.75 Å². The molecule has 0 radical (unpaired) electrons. The van der Waals surface area contributed by atoms with Crippen LogP contribution in [-0.2, 0) is 9.53 Å². The fraction of sp³-hybridized carbons (Fsp3) is 0.350. The van der Waals surface area contributed by atoms with Crippen LogP contribution in [0, 0.1) is 17.6 Å². The zero-order chi connectivity index (χ0) is 24.9. The zero-order valence-corrected chi connectivity index (χ0v) is 17.4. The number of halogens is 5. The maximum absolute atomic E-state index is 14.2. The van der Waals surface area contributed by atoms with E-state index in [0.29, 0.717) is 0 Å². The summed E-state index contributed by atoms with van der Waals surface area (Å²) in [6, 6.07) is 4.63. The number of carbonyl (C=O) groups excluding carboxylic acids is 2. The van der Waals surface area contributed by atoms with Crippen molar-refractivity contribution in [1.82, 2.24) is 4.98 Å². The van der Waals surface area contributed by atoms with Gasteiger partial charge in [0.2, 0.25) is 12.2 Å². The van der Waals surface area contributed by atoms with Crippen LogP contribution in [0.15, 0.2) is 30.5 Å². The summed E-state index contributed by atoms with van der Waals surface area (Å²) in [5.74, 6) is -6.06. The van der Waals surface area contributed by atoms with E-state index in [9.17, 15) is 26.7 Å². The highest BCUT2D eigenvalue weighted by atomic mass is 19.4. The van der Waals surface area contributed by atoms with Crippen LogP contribution in [0.4, 0.5) is 27.6 Å². The molecular weight excluding hydrogens is 455 g/mol. The minimum absolute atomic E-state index is 0.0114. The van der Waals surface area contributed by atoms with E-state index >= 15 is 0 Å². The van der Waals surface area contributed by atoms with Crippen LogP contribution in [0.2, 0.25) is 0 Å². The fourth-order valence-electron chi connectivity index (χ4n) is 3.61. The first-order chi connectivity index (χ1) is 15.5. The first-order valence-electron chi connectivity index (χ1n) is 9.38. The number of anilines is 1. The molecule has 4 unspecified atom stereocenters. The number of pyridine rings is 1. The van der Waals surface area contributed by atoms with E-state index in [-0.39, 0.29) is 23.4 Å². The van der Waals surface area contributed by atoms with Crippen molar-refractivity contribution in [3.8, 4) is 5.75 Å². The monoisotopic (exact) mass is 476 g/mol. The number of aromatic nitrogens is 1. The third-order valence-electron chi connectivity index (χ3n) is 4.95. The average Bonchev–Trinajstić information content (AvgIpc) is 3.07. The van der Waals surface area contributed by atoms with E-state index in [1.807, 2.05) is 0 Å².